The SMILES string of the molecule is CCCCOCCCNc1nc(NN)ncc1F. The fourth-order valence-electron chi connectivity index (χ4n) is 1.29. The van der Waals surface area contributed by atoms with Crippen molar-refractivity contribution in [2.45, 2.75) is 26.2 Å². The maximum Gasteiger partial charge on any atom is 0.239 e. The Kier molecular flexibility index (Phi) is 6.97. The molecular formula is C11H20FN5O. The second kappa shape index (κ2) is 8.60. The molecule has 0 aliphatic heterocycles. The average Bonchev–Trinajstić information content (AvgIpc) is 2.39. The molecule has 0 saturated heterocycles. The van der Waals surface area contributed by atoms with Gasteiger partial charge in [0.1, 0.15) is 0 Å². The lowest BCUT2D eigenvalue weighted by atomic mass is 10.3. The molecule has 6 nitrogen and oxygen atoms in total. The monoisotopic (exact) mass is 257 g/mol. The molecule has 0 bridgehead atoms. The summed E-state index contributed by atoms with van der Waals surface area (Å²) in [5.74, 6) is 4.97. The van der Waals surface area contributed by atoms with Crippen molar-refractivity contribution in [3.05, 3.63) is 12.0 Å². The molecule has 0 radical (unpaired) electrons. The Morgan fingerprint density at radius 1 is 1.39 bits per heavy atom. The maximum atomic E-state index is 13.3. The van der Waals surface area contributed by atoms with Crippen molar-refractivity contribution in [3.8, 4) is 0 Å². The number of nitrogen functional groups attached to an aromatic ring is 1. The molecule has 1 aromatic heterocycles. The van der Waals surface area contributed by atoms with Gasteiger partial charge in [0.15, 0.2) is 11.6 Å². The van der Waals surface area contributed by atoms with Crippen LogP contribution in [0.3, 0.4) is 0 Å². The summed E-state index contributed by atoms with van der Waals surface area (Å²) in [4.78, 5) is 7.51. The van der Waals surface area contributed by atoms with Gasteiger partial charge in [-0.15, -0.1) is 0 Å². The average molecular weight is 257 g/mol. The van der Waals surface area contributed by atoms with Crippen LogP contribution in [0.25, 0.3) is 0 Å². The Morgan fingerprint density at radius 3 is 2.89 bits per heavy atom. The number of hydrazine groups is 1. The third kappa shape index (κ3) is 5.24. The van der Waals surface area contributed by atoms with E-state index in [4.69, 9.17) is 10.6 Å². The van der Waals surface area contributed by atoms with Crippen LogP contribution < -0.4 is 16.6 Å². The first-order chi connectivity index (χ1) is 8.77. The number of hydrogen-bond donors (Lipinski definition) is 3. The van der Waals surface area contributed by atoms with E-state index in [1.54, 1.807) is 0 Å². The van der Waals surface area contributed by atoms with E-state index in [0.29, 0.717) is 13.2 Å². The van der Waals surface area contributed by atoms with Gasteiger partial charge in [-0.1, -0.05) is 13.3 Å². The minimum Gasteiger partial charge on any atom is -0.381 e. The molecule has 0 aromatic carbocycles. The summed E-state index contributed by atoms with van der Waals surface area (Å²) < 4.78 is 18.7. The first kappa shape index (κ1) is 14.6. The summed E-state index contributed by atoms with van der Waals surface area (Å²) in [6.45, 7) is 4.14. The highest BCUT2D eigenvalue weighted by Gasteiger charge is 2.05. The first-order valence-electron chi connectivity index (χ1n) is 6.08. The third-order valence-electron chi connectivity index (χ3n) is 2.27. The predicted octanol–water partition coefficient (Wildman–Crippen LogP) is 1.52. The van der Waals surface area contributed by atoms with Crippen molar-refractivity contribution in [1.82, 2.24) is 9.97 Å². The lowest BCUT2D eigenvalue weighted by Gasteiger charge is -2.08. The van der Waals surface area contributed by atoms with Crippen molar-refractivity contribution in [3.63, 3.8) is 0 Å². The van der Waals surface area contributed by atoms with Gasteiger partial charge in [-0.2, -0.15) is 4.98 Å². The fraction of sp³-hybridized carbons (Fsp3) is 0.636. The quantitative estimate of drug-likeness (QED) is 0.353. The largest absolute Gasteiger partial charge is 0.381 e. The predicted molar refractivity (Wildman–Crippen MR) is 68.6 cm³/mol. The summed E-state index contributed by atoms with van der Waals surface area (Å²) in [6, 6.07) is 0. The number of aromatic nitrogens is 2. The van der Waals surface area contributed by atoms with Crippen LogP contribution in [0.5, 0.6) is 0 Å². The van der Waals surface area contributed by atoms with Gasteiger partial charge in [0, 0.05) is 19.8 Å². The number of hydrogen-bond acceptors (Lipinski definition) is 6. The van der Waals surface area contributed by atoms with E-state index in [1.165, 1.54) is 0 Å². The number of unbranched alkanes of at least 4 members (excludes halogenated alkanes) is 1. The number of ether oxygens (including phenoxy) is 1. The molecule has 1 rings (SSSR count). The summed E-state index contributed by atoms with van der Waals surface area (Å²) in [6.07, 6.45) is 4.06. The zero-order valence-corrected chi connectivity index (χ0v) is 10.6. The molecular weight excluding hydrogens is 237 g/mol. The minimum absolute atomic E-state index is 0.145. The van der Waals surface area contributed by atoms with Crippen molar-refractivity contribution in [1.29, 1.82) is 0 Å². The number of nitrogens with one attached hydrogen (secondary N) is 2. The van der Waals surface area contributed by atoms with E-state index < -0.39 is 5.82 Å². The summed E-state index contributed by atoms with van der Waals surface area (Å²) in [5.41, 5.74) is 2.27. The van der Waals surface area contributed by atoms with Crippen molar-refractivity contribution >= 4 is 11.8 Å². The summed E-state index contributed by atoms with van der Waals surface area (Å²) in [7, 11) is 0. The van der Waals surface area contributed by atoms with Crippen LogP contribution in [0.15, 0.2) is 6.20 Å². The van der Waals surface area contributed by atoms with E-state index in [0.717, 1.165) is 32.1 Å². The second-order valence-corrected chi connectivity index (χ2v) is 3.78. The van der Waals surface area contributed by atoms with Crippen LogP contribution in [0, 0.1) is 5.82 Å². The summed E-state index contributed by atoms with van der Waals surface area (Å²) >= 11 is 0. The number of halogens is 1. The van der Waals surface area contributed by atoms with E-state index in [-0.39, 0.29) is 11.8 Å². The lowest BCUT2D eigenvalue weighted by Crippen LogP contribution is -2.14. The van der Waals surface area contributed by atoms with Crippen LogP contribution in [-0.2, 0) is 4.74 Å². The Labute approximate surface area is 106 Å². The molecule has 1 aromatic rings. The van der Waals surface area contributed by atoms with E-state index >= 15 is 0 Å². The molecule has 0 aliphatic rings. The van der Waals surface area contributed by atoms with Gasteiger partial charge in [-0.3, -0.25) is 5.43 Å². The zero-order valence-electron chi connectivity index (χ0n) is 10.6. The normalized spacial score (nSPS) is 10.4. The molecule has 7 heteroatoms. The first-order valence-corrected chi connectivity index (χ1v) is 6.08. The van der Waals surface area contributed by atoms with Crippen LogP contribution >= 0.6 is 0 Å². The molecule has 0 saturated carbocycles. The van der Waals surface area contributed by atoms with Crippen LogP contribution in [0.2, 0.25) is 0 Å². The highest BCUT2D eigenvalue weighted by Crippen LogP contribution is 2.10. The van der Waals surface area contributed by atoms with Gasteiger partial charge in [-0.05, 0) is 12.8 Å². The molecule has 0 amide bonds. The molecule has 0 atom stereocenters. The topological polar surface area (TPSA) is 85.1 Å². The van der Waals surface area contributed by atoms with Crippen molar-refractivity contribution in [2.24, 2.45) is 5.84 Å². The number of nitrogens with zero attached hydrogens (tertiary/aromatic N) is 2. The second-order valence-electron chi connectivity index (χ2n) is 3.78. The van der Waals surface area contributed by atoms with Crippen molar-refractivity contribution < 1.29 is 9.13 Å². The molecule has 1 heterocycles. The zero-order chi connectivity index (χ0) is 13.2. The number of anilines is 2. The van der Waals surface area contributed by atoms with Gasteiger partial charge >= 0.3 is 0 Å². The minimum atomic E-state index is -0.499. The van der Waals surface area contributed by atoms with Crippen LogP contribution in [-0.4, -0.2) is 29.7 Å². The molecule has 18 heavy (non-hydrogen) atoms. The van der Waals surface area contributed by atoms with E-state index in [2.05, 4.69) is 27.6 Å². The number of nitrogens with two attached hydrogens (primary N) is 1. The molecule has 4 N–H and O–H groups in total. The van der Waals surface area contributed by atoms with Crippen LogP contribution in [0.4, 0.5) is 16.2 Å². The van der Waals surface area contributed by atoms with Gasteiger partial charge in [0.2, 0.25) is 5.95 Å². The molecule has 102 valence electrons. The van der Waals surface area contributed by atoms with Crippen LogP contribution in [0.1, 0.15) is 26.2 Å². The molecule has 0 unspecified atom stereocenters. The molecule has 0 fully saturated rings. The third-order valence-corrected chi connectivity index (χ3v) is 2.27. The molecule has 0 aliphatic carbocycles. The highest BCUT2D eigenvalue weighted by atomic mass is 19.1. The summed E-state index contributed by atoms with van der Waals surface area (Å²) in [5, 5.41) is 2.88. The van der Waals surface area contributed by atoms with Gasteiger partial charge < -0.3 is 10.1 Å². The Morgan fingerprint density at radius 2 is 2.17 bits per heavy atom. The Balaban J connectivity index is 2.22. The van der Waals surface area contributed by atoms with Gasteiger partial charge in [0.05, 0.1) is 6.20 Å². The Hall–Kier alpha value is -1.47. The molecule has 0 spiro atoms. The maximum absolute atomic E-state index is 13.3. The lowest BCUT2D eigenvalue weighted by molar-refractivity contribution is 0.131. The fourth-order valence-corrected chi connectivity index (χ4v) is 1.29. The standard InChI is InChI=1S/C11H20FN5O/c1-2-3-6-18-7-4-5-14-10-9(12)8-15-11(16-10)17-13/h8H,2-7,13H2,1H3,(H2,14,15,16,17). The van der Waals surface area contributed by atoms with Gasteiger partial charge in [-0.25, -0.2) is 15.2 Å². The Bertz CT molecular complexity index is 350. The van der Waals surface area contributed by atoms with Gasteiger partial charge in [0.25, 0.3) is 0 Å². The van der Waals surface area contributed by atoms with Crippen molar-refractivity contribution in [2.75, 3.05) is 30.5 Å². The number of rotatable bonds is 9. The van der Waals surface area contributed by atoms with E-state index in [1.807, 2.05) is 0 Å². The smallest absolute Gasteiger partial charge is 0.239 e. The van der Waals surface area contributed by atoms with E-state index in [9.17, 15) is 4.39 Å². The highest BCUT2D eigenvalue weighted by molar-refractivity contribution is 5.40.